The number of ether oxygens (including phenoxy) is 1. The maximum absolute atomic E-state index is 9.41. The van der Waals surface area contributed by atoms with E-state index in [1.807, 2.05) is 0 Å². The van der Waals surface area contributed by atoms with Crippen LogP contribution in [0.15, 0.2) is 0 Å². The highest BCUT2D eigenvalue weighted by Gasteiger charge is 2.46. The highest BCUT2D eigenvalue weighted by atomic mass is 16.7. The summed E-state index contributed by atoms with van der Waals surface area (Å²) in [6.45, 7) is 0.922. The van der Waals surface area contributed by atoms with Crippen LogP contribution in [0.4, 0.5) is 0 Å². The van der Waals surface area contributed by atoms with Gasteiger partial charge in [0.2, 0.25) is 5.79 Å². The third kappa shape index (κ3) is 1.60. The second-order valence-electron chi connectivity index (χ2n) is 3.18. The lowest BCUT2D eigenvalue weighted by Crippen LogP contribution is -2.59. The molecule has 4 atom stereocenters. The summed E-state index contributed by atoms with van der Waals surface area (Å²) in [5.41, 5.74) is 0. The van der Waals surface area contributed by atoms with Crippen molar-refractivity contribution in [3.63, 3.8) is 0 Å². The van der Waals surface area contributed by atoms with Crippen molar-refractivity contribution < 1.29 is 25.2 Å². The van der Waals surface area contributed by atoms with Crippen molar-refractivity contribution in [3.05, 3.63) is 0 Å². The van der Waals surface area contributed by atoms with E-state index >= 15 is 0 Å². The van der Waals surface area contributed by atoms with Crippen molar-refractivity contribution in [2.45, 2.75) is 37.4 Å². The molecule has 0 aromatic heterocycles. The molecule has 0 amide bonds. The zero-order chi connectivity index (χ0) is 9.35. The molecule has 1 aliphatic heterocycles. The van der Waals surface area contributed by atoms with Gasteiger partial charge in [-0.15, -0.1) is 0 Å². The Balaban J connectivity index is 2.72. The summed E-state index contributed by atoms with van der Waals surface area (Å²) in [6.07, 6.45) is -2.62. The summed E-state index contributed by atoms with van der Waals surface area (Å²) in [5.74, 6) is -2.02. The van der Waals surface area contributed by atoms with Crippen molar-refractivity contribution in [1.82, 2.24) is 0 Å². The molecular formula is C7H14O5. The zero-order valence-electron chi connectivity index (χ0n) is 6.84. The maximum Gasteiger partial charge on any atom is 0.218 e. The molecule has 0 radical (unpaired) electrons. The van der Waals surface area contributed by atoms with Gasteiger partial charge in [0.15, 0.2) is 0 Å². The second kappa shape index (κ2) is 3.27. The van der Waals surface area contributed by atoms with Crippen LogP contribution in [0.3, 0.4) is 0 Å². The van der Waals surface area contributed by atoms with Crippen LogP contribution in [0.1, 0.15) is 13.3 Å². The molecule has 0 aromatic rings. The van der Waals surface area contributed by atoms with Crippen LogP contribution in [-0.4, -0.2) is 51.1 Å². The first-order valence-corrected chi connectivity index (χ1v) is 3.87. The first-order valence-electron chi connectivity index (χ1n) is 3.87. The van der Waals surface area contributed by atoms with E-state index in [0.29, 0.717) is 0 Å². The van der Waals surface area contributed by atoms with Crippen LogP contribution in [0, 0.1) is 0 Å². The Hall–Kier alpha value is -0.200. The van der Waals surface area contributed by atoms with Gasteiger partial charge in [-0.2, -0.15) is 0 Å². The quantitative estimate of drug-likeness (QED) is 0.380. The minimum atomic E-state index is -2.02. The van der Waals surface area contributed by atoms with Crippen molar-refractivity contribution in [3.8, 4) is 0 Å². The summed E-state index contributed by atoms with van der Waals surface area (Å²) in [6, 6.07) is 0. The van der Waals surface area contributed by atoms with Crippen molar-refractivity contribution in [1.29, 1.82) is 0 Å². The van der Waals surface area contributed by atoms with Gasteiger partial charge in [-0.1, -0.05) is 0 Å². The van der Waals surface area contributed by atoms with E-state index in [9.17, 15) is 15.3 Å². The largest absolute Gasteiger partial charge is 0.391 e. The molecule has 5 nitrogen and oxygen atoms in total. The minimum Gasteiger partial charge on any atom is -0.391 e. The van der Waals surface area contributed by atoms with Gasteiger partial charge in [-0.3, -0.25) is 0 Å². The van der Waals surface area contributed by atoms with E-state index in [1.54, 1.807) is 6.92 Å². The molecule has 12 heavy (non-hydrogen) atoms. The van der Waals surface area contributed by atoms with Crippen LogP contribution < -0.4 is 0 Å². The van der Waals surface area contributed by atoms with Crippen LogP contribution in [0.2, 0.25) is 0 Å². The number of rotatable bonds is 1. The summed E-state index contributed by atoms with van der Waals surface area (Å²) >= 11 is 0. The molecule has 0 unspecified atom stereocenters. The van der Waals surface area contributed by atoms with E-state index in [4.69, 9.17) is 9.84 Å². The third-order valence-electron chi connectivity index (χ3n) is 2.03. The van der Waals surface area contributed by atoms with Gasteiger partial charge < -0.3 is 25.2 Å². The second-order valence-corrected chi connectivity index (χ2v) is 3.18. The topological polar surface area (TPSA) is 90.2 Å². The molecule has 1 fully saturated rings. The summed E-state index contributed by atoms with van der Waals surface area (Å²) < 4.78 is 4.90. The van der Waals surface area contributed by atoms with E-state index < -0.39 is 24.6 Å². The Morgan fingerprint density at radius 3 is 2.58 bits per heavy atom. The summed E-state index contributed by atoms with van der Waals surface area (Å²) in [5, 5.41) is 36.6. The summed E-state index contributed by atoms with van der Waals surface area (Å²) in [7, 11) is 0. The molecule has 0 aromatic carbocycles. The highest BCUT2D eigenvalue weighted by molar-refractivity contribution is 4.88. The van der Waals surface area contributed by atoms with Crippen molar-refractivity contribution in [2.24, 2.45) is 0 Å². The predicted octanol–water partition coefficient (Wildman–Crippen LogP) is -1.80. The first-order chi connectivity index (χ1) is 5.49. The van der Waals surface area contributed by atoms with Gasteiger partial charge in [0, 0.05) is 6.42 Å². The van der Waals surface area contributed by atoms with Crippen molar-refractivity contribution in [2.75, 3.05) is 6.61 Å². The normalized spacial score (nSPS) is 49.2. The molecule has 0 bridgehead atoms. The molecule has 1 saturated heterocycles. The van der Waals surface area contributed by atoms with E-state index in [2.05, 4.69) is 0 Å². The van der Waals surface area contributed by atoms with Crippen LogP contribution in [0.5, 0.6) is 0 Å². The molecule has 0 saturated carbocycles. The fraction of sp³-hybridized carbons (Fsp3) is 1.00. The van der Waals surface area contributed by atoms with Crippen LogP contribution in [0.25, 0.3) is 0 Å². The number of aliphatic hydroxyl groups excluding tert-OH is 3. The Bertz CT molecular complexity index is 162. The smallest absolute Gasteiger partial charge is 0.218 e. The minimum absolute atomic E-state index is 0.253. The standard InChI is InChI=1S/C7H14O5/c1-4-2-5(9)6(10)7(11,3-8)12-4/h4-6,8-11H,2-3H2,1H3/t4-,5-,6+,7+/m1/s1. The lowest BCUT2D eigenvalue weighted by molar-refractivity contribution is -0.329. The molecule has 1 rings (SSSR count). The van der Waals surface area contributed by atoms with Crippen LogP contribution >= 0.6 is 0 Å². The lowest BCUT2D eigenvalue weighted by atomic mass is 9.96. The average Bonchev–Trinajstić information content (AvgIpc) is 2.00. The average molecular weight is 178 g/mol. The maximum atomic E-state index is 9.41. The van der Waals surface area contributed by atoms with E-state index in [-0.39, 0.29) is 12.5 Å². The highest BCUT2D eigenvalue weighted by Crippen LogP contribution is 2.26. The number of hydrogen-bond donors (Lipinski definition) is 4. The molecule has 4 N–H and O–H groups in total. The SMILES string of the molecule is C[C@@H]1C[C@@H](O)[C@H](O)[C@](O)(CO)O1. The molecule has 1 aliphatic rings. The fourth-order valence-corrected chi connectivity index (χ4v) is 1.37. The fourth-order valence-electron chi connectivity index (χ4n) is 1.37. The van der Waals surface area contributed by atoms with Gasteiger partial charge in [-0.25, -0.2) is 0 Å². The van der Waals surface area contributed by atoms with Crippen LogP contribution in [-0.2, 0) is 4.74 Å². The molecule has 0 spiro atoms. The van der Waals surface area contributed by atoms with Gasteiger partial charge in [0.25, 0.3) is 0 Å². The van der Waals surface area contributed by atoms with Gasteiger partial charge >= 0.3 is 0 Å². The molecular weight excluding hydrogens is 164 g/mol. The molecule has 1 heterocycles. The lowest BCUT2D eigenvalue weighted by Gasteiger charge is -2.41. The first kappa shape index (κ1) is 9.88. The Labute approximate surface area is 70.2 Å². The Morgan fingerprint density at radius 1 is 1.50 bits per heavy atom. The number of hydrogen-bond acceptors (Lipinski definition) is 5. The zero-order valence-corrected chi connectivity index (χ0v) is 6.84. The van der Waals surface area contributed by atoms with Gasteiger partial charge in [0.05, 0.1) is 18.8 Å². The van der Waals surface area contributed by atoms with E-state index in [1.165, 1.54) is 0 Å². The third-order valence-corrected chi connectivity index (χ3v) is 2.03. The van der Waals surface area contributed by atoms with Gasteiger partial charge in [0.1, 0.15) is 6.10 Å². The molecule has 5 heteroatoms. The van der Waals surface area contributed by atoms with Gasteiger partial charge in [-0.05, 0) is 6.92 Å². The molecule has 0 aliphatic carbocycles. The van der Waals surface area contributed by atoms with E-state index in [0.717, 1.165) is 0 Å². The summed E-state index contributed by atoms with van der Waals surface area (Å²) in [4.78, 5) is 0. The molecule has 72 valence electrons. The van der Waals surface area contributed by atoms with Crippen molar-refractivity contribution >= 4 is 0 Å². The Morgan fingerprint density at radius 2 is 2.08 bits per heavy atom. The monoisotopic (exact) mass is 178 g/mol. The number of aliphatic hydroxyl groups is 4. The predicted molar refractivity (Wildman–Crippen MR) is 39.2 cm³/mol. The Kier molecular flexibility index (Phi) is 2.70.